The van der Waals surface area contributed by atoms with Crippen molar-refractivity contribution in [1.29, 1.82) is 0 Å². The van der Waals surface area contributed by atoms with E-state index in [-0.39, 0.29) is 11.9 Å². The Morgan fingerprint density at radius 3 is 2.62 bits per heavy atom. The van der Waals surface area contributed by atoms with Gasteiger partial charge in [0.25, 0.3) is 0 Å². The quantitative estimate of drug-likeness (QED) is 0.634. The second-order valence-electron chi connectivity index (χ2n) is 5.21. The Bertz CT molecular complexity index is 780. The molecule has 0 aliphatic rings. The van der Waals surface area contributed by atoms with Gasteiger partial charge in [0.05, 0.1) is 23.0 Å². The molecule has 4 heteroatoms. The number of hydrogen-bond acceptors (Lipinski definition) is 1. The predicted octanol–water partition coefficient (Wildman–Crippen LogP) is 4.83. The van der Waals surface area contributed by atoms with E-state index in [9.17, 15) is 4.39 Å². The first kappa shape index (κ1) is 14.1. The number of alkyl halides is 1. The lowest BCUT2D eigenvalue weighted by molar-refractivity contribution is 0.618. The van der Waals surface area contributed by atoms with Crippen LogP contribution in [0.2, 0.25) is 0 Å². The van der Waals surface area contributed by atoms with Crippen LogP contribution < -0.4 is 0 Å². The van der Waals surface area contributed by atoms with Gasteiger partial charge in [0.15, 0.2) is 0 Å². The average molecular weight is 303 g/mol. The smallest absolute Gasteiger partial charge is 0.128 e. The summed E-state index contributed by atoms with van der Waals surface area (Å²) in [5, 5.41) is 0. The van der Waals surface area contributed by atoms with E-state index in [1.54, 1.807) is 6.92 Å². The fourth-order valence-electron chi connectivity index (χ4n) is 2.68. The monoisotopic (exact) mass is 302 g/mol. The first-order chi connectivity index (χ1) is 10.1. The van der Waals surface area contributed by atoms with Crippen LogP contribution in [-0.4, -0.2) is 9.55 Å². The standard InChI is InChI=1S/C17H16ClFN2/c1-11-8-16-15(9-14(11)19)20-17(10-18)21(16)12(2)13-6-4-3-5-7-13/h3-9,12H,10H2,1-2H3. The third-order valence-electron chi connectivity index (χ3n) is 3.83. The number of aryl methyl sites for hydroxylation is 1. The maximum Gasteiger partial charge on any atom is 0.128 e. The molecule has 3 aromatic rings. The zero-order chi connectivity index (χ0) is 15.0. The molecule has 0 fully saturated rings. The minimum atomic E-state index is -0.236. The summed E-state index contributed by atoms with van der Waals surface area (Å²) in [5.74, 6) is 0.820. The third-order valence-corrected chi connectivity index (χ3v) is 4.07. The van der Waals surface area contributed by atoms with Crippen molar-refractivity contribution < 1.29 is 4.39 Å². The topological polar surface area (TPSA) is 17.8 Å². The van der Waals surface area contributed by atoms with Gasteiger partial charge >= 0.3 is 0 Å². The Morgan fingerprint density at radius 1 is 1.24 bits per heavy atom. The lowest BCUT2D eigenvalue weighted by Crippen LogP contribution is -2.09. The van der Waals surface area contributed by atoms with E-state index in [4.69, 9.17) is 11.6 Å². The summed E-state index contributed by atoms with van der Waals surface area (Å²) in [7, 11) is 0. The van der Waals surface area contributed by atoms with Gasteiger partial charge < -0.3 is 4.57 Å². The van der Waals surface area contributed by atoms with E-state index in [2.05, 4.69) is 28.6 Å². The van der Waals surface area contributed by atoms with E-state index >= 15 is 0 Å². The first-order valence-corrected chi connectivity index (χ1v) is 7.43. The number of halogens is 2. The highest BCUT2D eigenvalue weighted by Crippen LogP contribution is 2.28. The third kappa shape index (κ3) is 2.42. The Balaban J connectivity index is 2.23. The van der Waals surface area contributed by atoms with Crippen LogP contribution in [0, 0.1) is 12.7 Å². The molecule has 0 saturated carbocycles. The van der Waals surface area contributed by atoms with Crippen LogP contribution in [0.1, 0.15) is 29.9 Å². The molecule has 1 aromatic heterocycles. The molecule has 0 saturated heterocycles. The molecule has 21 heavy (non-hydrogen) atoms. The molecular formula is C17H16ClFN2. The molecule has 0 radical (unpaired) electrons. The summed E-state index contributed by atoms with van der Waals surface area (Å²) in [6, 6.07) is 13.6. The van der Waals surface area contributed by atoms with Crippen LogP contribution >= 0.6 is 11.6 Å². The molecule has 0 aliphatic carbocycles. The molecule has 0 amide bonds. The maximum atomic E-state index is 13.7. The molecule has 108 valence electrons. The van der Waals surface area contributed by atoms with Gasteiger partial charge in [0.2, 0.25) is 0 Å². The normalized spacial score (nSPS) is 12.8. The van der Waals surface area contributed by atoms with E-state index in [0.29, 0.717) is 17.0 Å². The van der Waals surface area contributed by atoms with Crippen molar-refractivity contribution in [2.45, 2.75) is 25.8 Å². The summed E-state index contributed by atoms with van der Waals surface area (Å²) in [6.07, 6.45) is 0. The molecule has 1 atom stereocenters. The molecule has 2 aromatic carbocycles. The second kappa shape index (κ2) is 5.49. The van der Waals surface area contributed by atoms with Crippen molar-refractivity contribution in [3.05, 3.63) is 65.2 Å². The first-order valence-electron chi connectivity index (χ1n) is 6.89. The number of nitrogens with zero attached hydrogens (tertiary/aromatic N) is 2. The van der Waals surface area contributed by atoms with Crippen molar-refractivity contribution >= 4 is 22.6 Å². The molecule has 0 spiro atoms. The second-order valence-corrected chi connectivity index (χ2v) is 5.48. The summed E-state index contributed by atoms with van der Waals surface area (Å²) >= 11 is 6.04. The lowest BCUT2D eigenvalue weighted by atomic mass is 10.1. The van der Waals surface area contributed by atoms with Gasteiger partial charge in [-0.2, -0.15) is 0 Å². The molecule has 0 aliphatic heterocycles. The minimum absolute atomic E-state index is 0.0924. The molecule has 1 unspecified atom stereocenters. The molecule has 3 rings (SSSR count). The van der Waals surface area contributed by atoms with E-state index in [1.165, 1.54) is 11.6 Å². The summed E-state index contributed by atoms with van der Waals surface area (Å²) in [6.45, 7) is 3.87. The number of imidazole rings is 1. The Labute approximate surface area is 128 Å². The zero-order valence-electron chi connectivity index (χ0n) is 12.0. The van der Waals surface area contributed by atoms with Gasteiger partial charge in [0, 0.05) is 6.07 Å². The molecule has 2 nitrogen and oxygen atoms in total. The van der Waals surface area contributed by atoms with Crippen LogP contribution in [-0.2, 0) is 5.88 Å². The fourth-order valence-corrected chi connectivity index (χ4v) is 2.87. The highest BCUT2D eigenvalue weighted by atomic mass is 35.5. The van der Waals surface area contributed by atoms with E-state index < -0.39 is 0 Å². The Hall–Kier alpha value is -1.87. The predicted molar refractivity (Wildman–Crippen MR) is 84.2 cm³/mol. The van der Waals surface area contributed by atoms with E-state index in [0.717, 1.165) is 11.3 Å². The van der Waals surface area contributed by atoms with Crippen LogP contribution in [0.5, 0.6) is 0 Å². The molecular weight excluding hydrogens is 287 g/mol. The fraction of sp³-hybridized carbons (Fsp3) is 0.235. The van der Waals surface area contributed by atoms with Gasteiger partial charge in [0.1, 0.15) is 11.6 Å². The minimum Gasteiger partial charge on any atom is -0.320 e. The Morgan fingerprint density at radius 2 is 1.95 bits per heavy atom. The number of benzene rings is 2. The number of aromatic nitrogens is 2. The molecule has 1 heterocycles. The summed E-state index contributed by atoms with van der Waals surface area (Å²) < 4.78 is 15.8. The number of rotatable bonds is 3. The lowest BCUT2D eigenvalue weighted by Gasteiger charge is -2.17. The van der Waals surface area contributed by atoms with Gasteiger partial charge in [-0.3, -0.25) is 0 Å². The number of fused-ring (bicyclic) bond motifs is 1. The zero-order valence-corrected chi connectivity index (χ0v) is 12.7. The van der Waals surface area contributed by atoms with Crippen molar-refractivity contribution in [2.75, 3.05) is 0 Å². The van der Waals surface area contributed by atoms with Gasteiger partial charge in [-0.1, -0.05) is 30.3 Å². The highest BCUT2D eigenvalue weighted by molar-refractivity contribution is 6.16. The van der Waals surface area contributed by atoms with Crippen molar-refractivity contribution in [3.63, 3.8) is 0 Å². The van der Waals surface area contributed by atoms with E-state index in [1.807, 2.05) is 24.3 Å². The van der Waals surface area contributed by atoms with Gasteiger partial charge in [-0.25, -0.2) is 9.37 Å². The van der Waals surface area contributed by atoms with Gasteiger partial charge in [-0.05, 0) is 31.0 Å². The highest BCUT2D eigenvalue weighted by Gasteiger charge is 2.17. The van der Waals surface area contributed by atoms with Crippen molar-refractivity contribution in [2.24, 2.45) is 0 Å². The van der Waals surface area contributed by atoms with Gasteiger partial charge in [-0.15, -0.1) is 11.6 Å². The maximum absolute atomic E-state index is 13.7. The van der Waals surface area contributed by atoms with Crippen LogP contribution in [0.25, 0.3) is 11.0 Å². The van der Waals surface area contributed by atoms with Crippen molar-refractivity contribution in [1.82, 2.24) is 9.55 Å². The Kier molecular flexibility index (Phi) is 3.68. The number of hydrogen-bond donors (Lipinski definition) is 0. The van der Waals surface area contributed by atoms with Crippen molar-refractivity contribution in [3.8, 4) is 0 Å². The summed E-state index contributed by atoms with van der Waals surface area (Å²) in [5.41, 5.74) is 3.35. The van der Waals surface area contributed by atoms with Crippen LogP contribution in [0.15, 0.2) is 42.5 Å². The SMILES string of the molecule is Cc1cc2c(cc1F)nc(CCl)n2C(C)c1ccccc1. The average Bonchev–Trinajstić information content (AvgIpc) is 2.85. The van der Waals surface area contributed by atoms with Crippen LogP contribution in [0.4, 0.5) is 4.39 Å². The molecule has 0 bridgehead atoms. The van der Waals surface area contributed by atoms with Crippen LogP contribution in [0.3, 0.4) is 0 Å². The summed E-state index contributed by atoms with van der Waals surface area (Å²) in [4.78, 5) is 4.47. The molecule has 0 N–H and O–H groups in total. The largest absolute Gasteiger partial charge is 0.320 e.